The third-order valence-corrected chi connectivity index (χ3v) is 3.10. The summed E-state index contributed by atoms with van der Waals surface area (Å²) in [6, 6.07) is 11.8. The van der Waals surface area contributed by atoms with Gasteiger partial charge in [-0.05, 0) is 36.6 Å². The van der Waals surface area contributed by atoms with E-state index in [0.29, 0.717) is 5.75 Å². The molecule has 0 bridgehead atoms. The number of hydrogen-bond donors (Lipinski definition) is 0. The topological polar surface area (TPSA) is 26.3 Å². The van der Waals surface area contributed by atoms with Crippen molar-refractivity contribution in [2.45, 2.75) is 26.7 Å². The van der Waals surface area contributed by atoms with E-state index in [0.717, 1.165) is 5.56 Å². The number of carbonyl (C=O) groups is 1. The molecule has 0 aliphatic heterocycles. The molecule has 2 aromatic carbocycles. The van der Waals surface area contributed by atoms with Gasteiger partial charge in [0.05, 0.1) is 5.56 Å². The Labute approximate surface area is 118 Å². The summed E-state index contributed by atoms with van der Waals surface area (Å²) in [5.74, 6) is 0.0692. The molecular formula is C17H17FO2. The van der Waals surface area contributed by atoms with Crippen LogP contribution in [0.3, 0.4) is 0 Å². The van der Waals surface area contributed by atoms with Crippen LogP contribution in [0.5, 0.6) is 11.5 Å². The fraction of sp³-hybridized carbons (Fsp3) is 0.235. The molecule has 0 unspecified atom stereocenters. The molecule has 0 aliphatic carbocycles. The molecule has 0 saturated heterocycles. The molecule has 0 amide bonds. The van der Waals surface area contributed by atoms with Crippen LogP contribution in [0.15, 0.2) is 42.5 Å². The number of benzene rings is 2. The van der Waals surface area contributed by atoms with Gasteiger partial charge in [-0.25, -0.2) is 4.39 Å². The van der Waals surface area contributed by atoms with Crippen molar-refractivity contribution >= 4 is 5.78 Å². The lowest BCUT2D eigenvalue weighted by Gasteiger charge is -2.15. The lowest BCUT2D eigenvalue weighted by molar-refractivity contribution is 0.101. The van der Waals surface area contributed by atoms with Crippen molar-refractivity contribution in [1.82, 2.24) is 0 Å². The van der Waals surface area contributed by atoms with E-state index in [-0.39, 0.29) is 23.0 Å². The van der Waals surface area contributed by atoms with Crippen LogP contribution in [-0.4, -0.2) is 5.78 Å². The van der Waals surface area contributed by atoms with Gasteiger partial charge in [0, 0.05) is 0 Å². The van der Waals surface area contributed by atoms with Crippen molar-refractivity contribution in [1.29, 1.82) is 0 Å². The summed E-state index contributed by atoms with van der Waals surface area (Å²) in [6.45, 7) is 5.47. The first-order valence-corrected chi connectivity index (χ1v) is 6.57. The minimum absolute atomic E-state index is 0.00639. The van der Waals surface area contributed by atoms with Crippen molar-refractivity contribution in [2.24, 2.45) is 0 Å². The van der Waals surface area contributed by atoms with E-state index in [4.69, 9.17) is 4.74 Å². The van der Waals surface area contributed by atoms with Crippen LogP contribution >= 0.6 is 0 Å². The monoisotopic (exact) mass is 272 g/mol. The number of halogens is 1. The van der Waals surface area contributed by atoms with Crippen molar-refractivity contribution in [3.63, 3.8) is 0 Å². The average molecular weight is 272 g/mol. The second-order valence-electron chi connectivity index (χ2n) is 4.97. The number of Topliss-reactive ketones (excluding diaryl/α,β-unsaturated/α-hetero) is 1. The summed E-state index contributed by atoms with van der Waals surface area (Å²) in [6.07, 6.45) is 0. The van der Waals surface area contributed by atoms with Crippen molar-refractivity contribution in [3.8, 4) is 11.5 Å². The lowest BCUT2D eigenvalue weighted by Crippen LogP contribution is -2.01. The number of ketones is 1. The Morgan fingerprint density at radius 1 is 1.10 bits per heavy atom. The van der Waals surface area contributed by atoms with Gasteiger partial charge in [-0.3, -0.25) is 4.79 Å². The summed E-state index contributed by atoms with van der Waals surface area (Å²) in [5.41, 5.74) is 1.23. The third-order valence-electron chi connectivity index (χ3n) is 3.10. The van der Waals surface area contributed by atoms with Gasteiger partial charge in [-0.2, -0.15) is 0 Å². The molecule has 0 aromatic heterocycles. The lowest BCUT2D eigenvalue weighted by atomic mass is 10.0. The fourth-order valence-corrected chi connectivity index (χ4v) is 2.05. The maximum Gasteiger partial charge on any atom is 0.173 e. The van der Waals surface area contributed by atoms with Gasteiger partial charge in [-0.15, -0.1) is 0 Å². The molecule has 0 saturated carbocycles. The van der Waals surface area contributed by atoms with Crippen LogP contribution < -0.4 is 4.74 Å². The Hall–Kier alpha value is -2.16. The molecule has 0 fully saturated rings. The molecule has 2 rings (SSSR count). The predicted octanol–water partition coefficient (Wildman–Crippen LogP) is 4.94. The van der Waals surface area contributed by atoms with Crippen molar-refractivity contribution in [3.05, 3.63) is 59.4 Å². The van der Waals surface area contributed by atoms with E-state index < -0.39 is 5.82 Å². The Kier molecular flexibility index (Phi) is 4.18. The molecule has 0 atom stereocenters. The summed E-state index contributed by atoms with van der Waals surface area (Å²) in [7, 11) is 0. The van der Waals surface area contributed by atoms with Gasteiger partial charge in [0.25, 0.3) is 0 Å². The largest absolute Gasteiger partial charge is 0.453 e. The SMILES string of the molecule is CC(=O)c1cccc(F)c1Oc1ccccc1C(C)C. The molecule has 0 aliphatic rings. The zero-order chi connectivity index (χ0) is 14.7. The molecule has 2 aromatic rings. The molecule has 0 N–H and O–H groups in total. The quantitative estimate of drug-likeness (QED) is 0.736. The average Bonchev–Trinajstić information content (AvgIpc) is 2.41. The number of ether oxygens (including phenoxy) is 1. The summed E-state index contributed by atoms with van der Waals surface area (Å²) in [5, 5.41) is 0. The minimum Gasteiger partial charge on any atom is -0.453 e. The first-order chi connectivity index (χ1) is 9.50. The standard InChI is InChI=1S/C17H17FO2/c1-11(2)13-7-4-5-10-16(13)20-17-14(12(3)19)8-6-9-15(17)18/h4-11H,1-3H3. The molecule has 20 heavy (non-hydrogen) atoms. The fourth-order valence-electron chi connectivity index (χ4n) is 2.05. The molecule has 2 nitrogen and oxygen atoms in total. The van der Waals surface area contributed by atoms with Crippen LogP contribution in [0.4, 0.5) is 4.39 Å². The summed E-state index contributed by atoms with van der Waals surface area (Å²) in [4.78, 5) is 11.6. The number of rotatable bonds is 4. The van der Waals surface area contributed by atoms with E-state index in [1.807, 2.05) is 32.0 Å². The zero-order valence-corrected chi connectivity index (χ0v) is 11.8. The van der Waals surface area contributed by atoms with Crippen molar-refractivity contribution < 1.29 is 13.9 Å². The van der Waals surface area contributed by atoms with Gasteiger partial charge in [0.2, 0.25) is 0 Å². The van der Waals surface area contributed by atoms with E-state index in [2.05, 4.69) is 0 Å². The van der Waals surface area contributed by atoms with Crippen LogP contribution in [0.1, 0.15) is 42.6 Å². The van der Waals surface area contributed by atoms with Gasteiger partial charge >= 0.3 is 0 Å². The smallest absolute Gasteiger partial charge is 0.173 e. The van der Waals surface area contributed by atoms with Crippen LogP contribution in [0.25, 0.3) is 0 Å². The van der Waals surface area contributed by atoms with E-state index in [9.17, 15) is 9.18 Å². The first-order valence-electron chi connectivity index (χ1n) is 6.57. The highest BCUT2D eigenvalue weighted by Gasteiger charge is 2.16. The minimum atomic E-state index is -0.531. The third kappa shape index (κ3) is 2.87. The second kappa shape index (κ2) is 5.87. The van der Waals surface area contributed by atoms with E-state index in [1.165, 1.54) is 19.1 Å². The first kappa shape index (κ1) is 14.3. The Morgan fingerprint density at radius 3 is 2.45 bits per heavy atom. The van der Waals surface area contributed by atoms with Crippen LogP contribution in [-0.2, 0) is 0 Å². The highest BCUT2D eigenvalue weighted by atomic mass is 19.1. The van der Waals surface area contributed by atoms with Crippen LogP contribution in [0, 0.1) is 5.82 Å². The normalized spacial score (nSPS) is 10.7. The van der Waals surface area contributed by atoms with Gasteiger partial charge < -0.3 is 4.74 Å². The molecule has 0 heterocycles. The Morgan fingerprint density at radius 2 is 1.80 bits per heavy atom. The summed E-state index contributed by atoms with van der Waals surface area (Å²) < 4.78 is 19.6. The zero-order valence-electron chi connectivity index (χ0n) is 11.8. The van der Waals surface area contributed by atoms with E-state index in [1.54, 1.807) is 12.1 Å². The molecule has 0 spiro atoms. The van der Waals surface area contributed by atoms with E-state index >= 15 is 0 Å². The Bertz CT molecular complexity index is 633. The molecule has 0 radical (unpaired) electrons. The predicted molar refractivity (Wildman–Crippen MR) is 77.0 cm³/mol. The number of carbonyl (C=O) groups excluding carboxylic acids is 1. The molecule has 3 heteroatoms. The maximum absolute atomic E-state index is 14.0. The maximum atomic E-state index is 14.0. The van der Waals surface area contributed by atoms with Crippen molar-refractivity contribution in [2.75, 3.05) is 0 Å². The second-order valence-corrected chi connectivity index (χ2v) is 4.97. The highest BCUT2D eigenvalue weighted by Crippen LogP contribution is 2.33. The summed E-state index contributed by atoms with van der Waals surface area (Å²) >= 11 is 0. The Balaban J connectivity index is 2.48. The number of para-hydroxylation sites is 2. The molecular weight excluding hydrogens is 255 g/mol. The van der Waals surface area contributed by atoms with Gasteiger partial charge in [-0.1, -0.05) is 38.1 Å². The molecule has 104 valence electrons. The van der Waals surface area contributed by atoms with Gasteiger partial charge in [0.15, 0.2) is 17.3 Å². The van der Waals surface area contributed by atoms with Crippen LogP contribution in [0.2, 0.25) is 0 Å². The number of hydrogen-bond acceptors (Lipinski definition) is 2. The van der Waals surface area contributed by atoms with Gasteiger partial charge in [0.1, 0.15) is 5.75 Å². The highest BCUT2D eigenvalue weighted by molar-refractivity contribution is 5.96.